The molecule has 1 aromatic rings. The molecule has 9 heteroatoms. The third-order valence-electron chi connectivity index (χ3n) is 5.31. The number of halogens is 1. The molecule has 0 aliphatic carbocycles. The van der Waals surface area contributed by atoms with E-state index >= 15 is 0 Å². The molecule has 0 aromatic heterocycles. The number of carbonyl (C=O) groups excluding carboxylic acids is 3. The zero-order valence-electron chi connectivity index (χ0n) is 14.7. The number of carbonyl (C=O) groups is 3. The van der Waals surface area contributed by atoms with Crippen LogP contribution in [0.5, 0.6) is 0 Å². The smallest absolute Gasteiger partial charge is 0.430 e. The predicted molar refractivity (Wildman–Crippen MR) is 91.7 cm³/mol. The number of benzene rings is 1. The van der Waals surface area contributed by atoms with Crippen LogP contribution in [0.15, 0.2) is 24.3 Å². The first kappa shape index (κ1) is 17.6. The van der Waals surface area contributed by atoms with Crippen molar-refractivity contribution < 1.29 is 28.2 Å². The fourth-order valence-electron chi connectivity index (χ4n) is 3.73. The summed E-state index contributed by atoms with van der Waals surface area (Å²) in [6.45, 7) is 1.47. The van der Waals surface area contributed by atoms with Gasteiger partial charge in [0.1, 0.15) is 12.4 Å². The molecule has 3 saturated heterocycles. The predicted octanol–water partition coefficient (Wildman–Crippen LogP) is 1.64. The van der Waals surface area contributed by atoms with E-state index in [1.807, 2.05) is 0 Å². The number of hydrogen-bond donors (Lipinski definition) is 1. The van der Waals surface area contributed by atoms with Gasteiger partial charge in [-0.25, -0.2) is 14.0 Å². The Labute approximate surface area is 155 Å². The van der Waals surface area contributed by atoms with Gasteiger partial charge in [0.2, 0.25) is 5.91 Å². The Morgan fingerprint density at radius 1 is 1.19 bits per heavy atom. The Kier molecular flexibility index (Phi) is 4.37. The maximum absolute atomic E-state index is 13.1. The lowest BCUT2D eigenvalue weighted by Gasteiger charge is -2.36. The average molecular weight is 377 g/mol. The van der Waals surface area contributed by atoms with E-state index in [0.29, 0.717) is 38.2 Å². The Bertz CT molecular complexity index is 761. The Hall–Kier alpha value is -2.84. The molecule has 1 unspecified atom stereocenters. The van der Waals surface area contributed by atoms with Gasteiger partial charge in [0.15, 0.2) is 5.60 Å². The van der Waals surface area contributed by atoms with Crippen LogP contribution >= 0.6 is 0 Å². The number of urea groups is 1. The Morgan fingerprint density at radius 3 is 2.52 bits per heavy atom. The number of nitrogens with one attached hydrogen (secondary N) is 1. The highest BCUT2D eigenvalue weighted by atomic mass is 19.1. The van der Waals surface area contributed by atoms with Crippen molar-refractivity contribution in [2.45, 2.75) is 30.9 Å². The highest BCUT2D eigenvalue weighted by Gasteiger charge is 2.45. The van der Waals surface area contributed by atoms with Crippen LogP contribution in [0, 0.1) is 5.82 Å². The number of anilines is 1. The zero-order valence-corrected chi connectivity index (χ0v) is 14.7. The van der Waals surface area contributed by atoms with Gasteiger partial charge in [-0.3, -0.25) is 4.79 Å². The van der Waals surface area contributed by atoms with E-state index in [9.17, 15) is 18.8 Å². The van der Waals surface area contributed by atoms with Crippen LogP contribution in [0.2, 0.25) is 0 Å². The zero-order chi connectivity index (χ0) is 19.0. The van der Waals surface area contributed by atoms with Gasteiger partial charge >= 0.3 is 12.2 Å². The molecule has 3 fully saturated rings. The Morgan fingerprint density at radius 2 is 1.89 bits per heavy atom. The monoisotopic (exact) mass is 377 g/mol. The van der Waals surface area contributed by atoms with Gasteiger partial charge in [0.25, 0.3) is 0 Å². The fraction of sp³-hybridized carbons (Fsp3) is 0.500. The summed E-state index contributed by atoms with van der Waals surface area (Å²) in [6, 6.07) is 5.15. The summed E-state index contributed by atoms with van der Waals surface area (Å²) >= 11 is 0. The molecule has 8 nitrogen and oxygen atoms in total. The molecule has 0 radical (unpaired) electrons. The first-order chi connectivity index (χ1) is 12.9. The van der Waals surface area contributed by atoms with Crippen molar-refractivity contribution in [2.75, 3.05) is 31.1 Å². The largest absolute Gasteiger partial charge is 0.509 e. The highest BCUT2D eigenvalue weighted by molar-refractivity contribution is 5.96. The second-order valence-corrected chi connectivity index (χ2v) is 7.14. The van der Waals surface area contributed by atoms with Gasteiger partial charge in [-0.2, -0.15) is 0 Å². The SMILES string of the molecule is O=C1OCC2(CCN(C(=O)NC3CC(=O)N(c4ccc(F)cc4)C3)CC2)O1. The van der Waals surface area contributed by atoms with Crippen LogP contribution in [0.1, 0.15) is 19.3 Å². The molecule has 1 spiro atoms. The number of rotatable bonds is 2. The third-order valence-corrected chi connectivity index (χ3v) is 5.31. The van der Waals surface area contributed by atoms with Gasteiger partial charge in [-0.05, 0) is 24.3 Å². The van der Waals surface area contributed by atoms with Crippen LogP contribution in [0.4, 0.5) is 19.7 Å². The number of hydrogen-bond acceptors (Lipinski definition) is 5. The first-order valence-corrected chi connectivity index (χ1v) is 8.91. The molecule has 3 heterocycles. The van der Waals surface area contributed by atoms with Crippen LogP contribution < -0.4 is 10.2 Å². The number of likely N-dealkylation sites (tertiary alicyclic amines) is 1. The second-order valence-electron chi connectivity index (χ2n) is 7.14. The van der Waals surface area contributed by atoms with Crippen LogP contribution in [-0.4, -0.2) is 60.9 Å². The van der Waals surface area contributed by atoms with Crippen molar-refractivity contribution >= 4 is 23.8 Å². The van der Waals surface area contributed by atoms with E-state index in [1.165, 1.54) is 12.1 Å². The van der Waals surface area contributed by atoms with Crippen LogP contribution in [-0.2, 0) is 14.3 Å². The van der Waals surface area contributed by atoms with Gasteiger partial charge in [0, 0.05) is 44.6 Å². The van der Waals surface area contributed by atoms with Gasteiger partial charge in [-0.1, -0.05) is 0 Å². The first-order valence-electron chi connectivity index (χ1n) is 8.91. The second kappa shape index (κ2) is 6.71. The number of amides is 3. The summed E-state index contributed by atoms with van der Waals surface area (Å²) in [5.41, 5.74) is -0.00237. The summed E-state index contributed by atoms with van der Waals surface area (Å²) in [5, 5.41) is 2.89. The molecule has 1 N–H and O–H groups in total. The van der Waals surface area contributed by atoms with E-state index < -0.39 is 11.8 Å². The molecular weight excluding hydrogens is 357 g/mol. The molecule has 0 bridgehead atoms. The quantitative estimate of drug-likeness (QED) is 0.792. The van der Waals surface area contributed by atoms with E-state index in [0.717, 1.165) is 0 Å². The molecule has 1 atom stereocenters. The van der Waals surface area contributed by atoms with E-state index in [2.05, 4.69) is 5.32 Å². The summed E-state index contributed by atoms with van der Waals surface area (Å²) in [6.07, 6.45) is 0.597. The molecule has 3 aliphatic heterocycles. The van der Waals surface area contributed by atoms with Crippen molar-refractivity contribution in [3.05, 3.63) is 30.1 Å². The van der Waals surface area contributed by atoms with Crippen LogP contribution in [0.25, 0.3) is 0 Å². The summed E-state index contributed by atoms with van der Waals surface area (Å²) < 4.78 is 23.2. The molecule has 144 valence electrons. The minimum atomic E-state index is -0.654. The number of nitrogens with zero attached hydrogens (tertiary/aromatic N) is 2. The lowest BCUT2D eigenvalue weighted by Crippen LogP contribution is -2.52. The maximum Gasteiger partial charge on any atom is 0.509 e. The molecule has 3 aliphatic rings. The summed E-state index contributed by atoms with van der Waals surface area (Å²) in [5.74, 6) is -0.476. The van der Waals surface area contributed by atoms with Crippen LogP contribution in [0.3, 0.4) is 0 Å². The third kappa shape index (κ3) is 3.54. The average Bonchev–Trinajstić information content (AvgIpc) is 3.19. The summed E-state index contributed by atoms with van der Waals surface area (Å²) in [7, 11) is 0. The van der Waals surface area contributed by atoms with E-state index in [4.69, 9.17) is 9.47 Å². The van der Waals surface area contributed by atoms with Crippen molar-refractivity contribution in [1.82, 2.24) is 10.2 Å². The maximum atomic E-state index is 13.1. The number of piperidine rings is 1. The molecule has 0 saturated carbocycles. The highest BCUT2D eigenvalue weighted by Crippen LogP contribution is 2.31. The van der Waals surface area contributed by atoms with E-state index in [1.54, 1.807) is 21.9 Å². The minimum absolute atomic E-state index is 0.112. The molecule has 4 rings (SSSR count). The molecule has 3 amide bonds. The fourth-order valence-corrected chi connectivity index (χ4v) is 3.73. The molecule has 1 aromatic carbocycles. The normalized spacial score (nSPS) is 24.1. The number of ether oxygens (including phenoxy) is 2. The van der Waals surface area contributed by atoms with Gasteiger partial charge in [0.05, 0.1) is 6.04 Å². The minimum Gasteiger partial charge on any atom is -0.430 e. The standard InChI is InChI=1S/C18H20FN3O5/c19-12-1-3-14(4-2-12)22-10-13(9-15(22)23)20-16(24)21-7-5-18(6-8-21)11-26-17(25)27-18/h1-4,13H,5-11H2,(H,20,24). The van der Waals surface area contributed by atoms with Gasteiger partial charge in [-0.15, -0.1) is 0 Å². The lowest BCUT2D eigenvalue weighted by atomic mass is 9.92. The Balaban J connectivity index is 1.31. The summed E-state index contributed by atoms with van der Waals surface area (Å²) in [4.78, 5) is 39.1. The molecule has 27 heavy (non-hydrogen) atoms. The van der Waals surface area contributed by atoms with Crippen molar-refractivity contribution in [1.29, 1.82) is 0 Å². The topological polar surface area (TPSA) is 88.2 Å². The van der Waals surface area contributed by atoms with E-state index in [-0.39, 0.29) is 36.8 Å². The van der Waals surface area contributed by atoms with Crippen molar-refractivity contribution in [2.24, 2.45) is 0 Å². The number of cyclic esters (lactones) is 1. The van der Waals surface area contributed by atoms with Gasteiger partial charge < -0.3 is 24.6 Å². The van der Waals surface area contributed by atoms with Crippen molar-refractivity contribution in [3.8, 4) is 0 Å². The molecular formula is C18H20FN3O5. The lowest BCUT2D eigenvalue weighted by molar-refractivity contribution is -0.117. The van der Waals surface area contributed by atoms with Crippen molar-refractivity contribution in [3.63, 3.8) is 0 Å².